The quantitative estimate of drug-likeness (QED) is 0.535. The number of fused-ring (bicyclic) bond motifs is 1. The maximum absolute atomic E-state index is 14.1. The van der Waals surface area contributed by atoms with Crippen LogP contribution in [0.5, 0.6) is 0 Å². The van der Waals surface area contributed by atoms with Gasteiger partial charge in [-0.1, -0.05) is 48.5 Å². The van der Waals surface area contributed by atoms with Gasteiger partial charge in [0.2, 0.25) is 0 Å². The van der Waals surface area contributed by atoms with E-state index >= 15 is 0 Å². The zero-order valence-electron chi connectivity index (χ0n) is 17.6. The number of H-pyrrole nitrogens is 1. The van der Waals surface area contributed by atoms with Gasteiger partial charge in [-0.2, -0.15) is 0 Å². The minimum atomic E-state index is -0.370. The Morgan fingerprint density at radius 3 is 2.55 bits per heavy atom. The smallest absolute Gasteiger partial charge is 0.276 e. The average molecular weight is 418 g/mol. The Morgan fingerprint density at radius 2 is 1.84 bits per heavy atom. The van der Waals surface area contributed by atoms with Crippen LogP contribution in [0.1, 0.15) is 45.7 Å². The Hall–Kier alpha value is -3.74. The number of halogens is 1. The van der Waals surface area contributed by atoms with Crippen LogP contribution in [-0.2, 0) is 6.42 Å². The first-order chi connectivity index (χ1) is 14.9. The lowest BCUT2D eigenvalue weighted by atomic mass is 10.0. The third-order valence-electron chi connectivity index (χ3n) is 5.70. The number of nitrogens with one attached hydrogen (secondary N) is 1. The summed E-state index contributed by atoms with van der Waals surface area (Å²) < 4.78 is 15.3. The SMILES string of the molecule is Cc1nc2c(C(=O)N(C)C(C)c3ccccc3)c[nH]n2c(=O)c1Cc1ccccc1F. The Labute approximate surface area is 179 Å². The molecule has 1 amide bonds. The Bertz CT molecular complexity index is 1310. The normalized spacial score (nSPS) is 12.1. The molecule has 0 aliphatic heterocycles. The van der Waals surface area contributed by atoms with Crippen LogP contribution < -0.4 is 5.56 Å². The minimum Gasteiger partial charge on any atom is -0.335 e. The minimum absolute atomic E-state index is 0.126. The molecule has 0 fully saturated rings. The second-order valence-corrected chi connectivity index (χ2v) is 7.60. The molecule has 158 valence electrons. The number of hydrogen-bond donors (Lipinski definition) is 1. The molecule has 2 heterocycles. The van der Waals surface area contributed by atoms with Crippen molar-refractivity contribution in [1.29, 1.82) is 0 Å². The summed E-state index contributed by atoms with van der Waals surface area (Å²) in [5.41, 5.74) is 2.51. The molecule has 0 radical (unpaired) electrons. The average Bonchev–Trinajstić information content (AvgIpc) is 3.20. The summed E-state index contributed by atoms with van der Waals surface area (Å²) in [6.07, 6.45) is 1.62. The van der Waals surface area contributed by atoms with Crippen LogP contribution in [0.2, 0.25) is 0 Å². The van der Waals surface area contributed by atoms with E-state index in [1.807, 2.05) is 37.3 Å². The standard InChI is InChI=1S/C24H23FN4O2/c1-15-19(13-18-11-7-8-12-21(18)25)24(31)29-22(27-15)20(14-26-29)23(30)28(3)16(2)17-9-5-4-6-10-17/h4-12,14,16,26H,13H2,1-3H3. The van der Waals surface area contributed by atoms with Crippen LogP contribution in [0.3, 0.4) is 0 Å². The fraction of sp³-hybridized carbons (Fsp3) is 0.208. The Balaban J connectivity index is 1.70. The fourth-order valence-electron chi connectivity index (χ4n) is 3.67. The van der Waals surface area contributed by atoms with E-state index < -0.39 is 0 Å². The van der Waals surface area contributed by atoms with Gasteiger partial charge >= 0.3 is 0 Å². The van der Waals surface area contributed by atoms with Crippen molar-refractivity contribution in [2.75, 3.05) is 7.05 Å². The molecule has 2 aromatic carbocycles. The van der Waals surface area contributed by atoms with Crippen LogP contribution >= 0.6 is 0 Å². The summed E-state index contributed by atoms with van der Waals surface area (Å²) in [6.45, 7) is 3.65. The van der Waals surface area contributed by atoms with E-state index in [9.17, 15) is 14.0 Å². The van der Waals surface area contributed by atoms with Crippen LogP contribution in [0.15, 0.2) is 65.6 Å². The number of aromatic amines is 1. The van der Waals surface area contributed by atoms with Crippen molar-refractivity contribution in [2.45, 2.75) is 26.3 Å². The summed E-state index contributed by atoms with van der Waals surface area (Å²) in [7, 11) is 1.72. The van der Waals surface area contributed by atoms with Crippen molar-refractivity contribution in [3.05, 3.63) is 105 Å². The molecule has 2 aromatic heterocycles. The maximum atomic E-state index is 14.1. The van der Waals surface area contributed by atoms with E-state index in [0.29, 0.717) is 22.4 Å². The van der Waals surface area contributed by atoms with Crippen molar-refractivity contribution >= 4 is 11.6 Å². The Kier molecular flexibility index (Phi) is 5.42. The van der Waals surface area contributed by atoms with Crippen molar-refractivity contribution in [1.82, 2.24) is 19.5 Å². The predicted octanol–water partition coefficient (Wildman–Crippen LogP) is 3.89. The first-order valence-electron chi connectivity index (χ1n) is 10.0. The third-order valence-corrected chi connectivity index (χ3v) is 5.70. The van der Waals surface area contributed by atoms with Gasteiger partial charge in [-0.25, -0.2) is 13.9 Å². The van der Waals surface area contributed by atoms with Crippen LogP contribution in [0.25, 0.3) is 5.65 Å². The molecule has 0 bridgehead atoms. The number of carbonyl (C=O) groups is 1. The highest BCUT2D eigenvalue weighted by molar-refractivity contribution is 5.99. The summed E-state index contributed by atoms with van der Waals surface area (Å²) in [5, 5.41) is 2.84. The van der Waals surface area contributed by atoms with Crippen molar-refractivity contribution in [3.63, 3.8) is 0 Å². The second-order valence-electron chi connectivity index (χ2n) is 7.60. The van der Waals surface area contributed by atoms with Gasteiger partial charge in [-0.05, 0) is 31.0 Å². The molecule has 1 atom stereocenters. The first-order valence-corrected chi connectivity index (χ1v) is 10.0. The topological polar surface area (TPSA) is 70.5 Å². The monoisotopic (exact) mass is 418 g/mol. The molecular formula is C24H23FN4O2. The fourth-order valence-corrected chi connectivity index (χ4v) is 3.67. The van der Waals surface area contributed by atoms with Gasteiger partial charge < -0.3 is 4.90 Å². The van der Waals surface area contributed by atoms with E-state index in [4.69, 9.17) is 0 Å². The van der Waals surface area contributed by atoms with E-state index in [-0.39, 0.29) is 35.4 Å². The number of rotatable bonds is 5. The number of aromatic nitrogens is 3. The van der Waals surface area contributed by atoms with E-state index in [1.54, 1.807) is 37.1 Å². The van der Waals surface area contributed by atoms with Gasteiger partial charge in [0.1, 0.15) is 11.4 Å². The van der Waals surface area contributed by atoms with Crippen LogP contribution in [0, 0.1) is 12.7 Å². The number of carbonyl (C=O) groups excluding carboxylic acids is 1. The van der Waals surface area contributed by atoms with E-state index in [1.165, 1.54) is 16.8 Å². The zero-order valence-corrected chi connectivity index (χ0v) is 17.6. The predicted molar refractivity (Wildman–Crippen MR) is 117 cm³/mol. The molecule has 0 aliphatic rings. The first kappa shape index (κ1) is 20.5. The molecule has 0 saturated heterocycles. The number of aryl methyl sites for hydroxylation is 1. The lowest BCUT2D eigenvalue weighted by Crippen LogP contribution is -2.30. The van der Waals surface area contributed by atoms with Crippen LogP contribution in [-0.4, -0.2) is 32.5 Å². The molecule has 6 nitrogen and oxygen atoms in total. The van der Waals surface area contributed by atoms with Gasteiger partial charge in [0.05, 0.1) is 6.04 Å². The molecule has 1 N–H and O–H groups in total. The molecule has 4 rings (SSSR count). The molecule has 1 unspecified atom stereocenters. The number of benzene rings is 2. The van der Waals surface area contributed by atoms with Gasteiger partial charge in [0, 0.05) is 30.9 Å². The Morgan fingerprint density at radius 1 is 1.16 bits per heavy atom. The highest BCUT2D eigenvalue weighted by atomic mass is 19.1. The molecule has 0 spiro atoms. The summed E-state index contributed by atoms with van der Waals surface area (Å²) in [4.78, 5) is 32.4. The lowest BCUT2D eigenvalue weighted by Gasteiger charge is -2.25. The molecule has 7 heteroatoms. The highest BCUT2D eigenvalue weighted by Crippen LogP contribution is 2.22. The largest absolute Gasteiger partial charge is 0.335 e. The summed E-state index contributed by atoms with van der Waals surface area (Å²) in [5.74, 6) is -0.617. The van der Waals surface area contributed by atoms with Gasteiger partial charge in [0.25, 0.3) is 11.5 Å². The molecular weight excluding hydrogens is 395 g/mol. The zero-order chi connectivity index (χ0) is 22.1. The van der Waals surface area contributed by atoms with Gasteiger partial charge in [-0.3, -0.25) is 14.7 Å². The summed E-state index contributed by atoms with van der Waals surface area (Å²) in [6, 6.07) is 15.9. The van der Waals surface area contributed by atoms with Crippen molar-refractivity contribution in [3.8, 4) is 0 Å². The van der Waals surface area contributed by atoms with E-state index in [2.05, 4.69) is 10.1 Å². The highest BCUT2D eigenvalue weighted by Gasteiger charge is 2.24. The summed E-state index contributed by atoms with van der Waals surface area (Å²) >= 11 is 0. The van der Waals surface area contributed by atoms with Crippen LogP contribution in [0.4, 0.5) is 4.39 Å². The van der Waals surface area contributed by atoms with E-state index in [0.717, 1.165) is 5.56 Å². The lowest BCUT2D eigenvalue weighted by molar-refractivity contribution is 0.0744. The molecule has 31 heavy (non-hydrogen) atoms. The van der Waals surface area contributed by atoms with Crippen molar-refractivity contribution < 1.29 is 9.18 Å². The number of hydrogen-bond acceptors (Lipinski definition) is 3. The van der Waals surface area contributed by atoms with Gasteiger partial charge in [-0.15, -0.1) is 0 Å². The van der Waals surface area contributed by atoms with Gasteiger partial charge in [0.15, 0.2) is 5.65 Å². The maximum Gasteiger partial charge on any atom is 0.276 e. The number of amides is 1. The number of nitrogens with zero attached hydrogens (tertiary/aromatic N) is 3. The molecule has 0 saturated carbocycles. The molecule has 0 aliphatic carbocycles. The third kappa shape index (κ3) is 3.74. The van der Waals surface area contributed by atoms with Crippen molar-refractivity contribution in [2.24, 2.45) is 0 Å². The second kappa shape index (κ2) is 8.18. The molecule has 4 aromatic rings.